The van der Waals surface area contributed by atoms with Gasteiger partial charge in [0.05, 0.1) is 11.4 Å². The summed E-state index contributed by atoms with van der Waals surface area (Å²) in [7, 11) is -3.78. The first-order valence-electron chi connectivity index (χ1n) is 6.93. The zero-order valence-electron chi connectivity index (χ0n) is 12.3. The highest BCUT2D eigenvalue weighted by Crippen LogP contribution is 2.23. The van der Waals surface area contributed by atoms with Crippen LogP contribution in [0.4, 0.5) is 5.69 Å². The molecule has 3 N–H and O–H groups in total. The van der Waals surface area contributed by atoms with Crippen molar-refractivity contribution < 1.29 is 13.2 Å². The summed E-state index contributed by atoms with van der Waals surface area (Å²) in [4.78, 5) is 14.2. The molecule has 1 aliphatic heterocycles. The second-order valence-electron chi connectivity index (χ2n) is 5.49. The standard InChI is InChI=1S/C14H21N3O3S/c1-10-7-12(21(15,19)20)8-13(11(10)2)16-14(18)9-17-5-3-4-6-17/h7-8H,3-6,9H2,1-2H3,(H,16,18)(H2,15,19,20). The summed E-state index contributed by atoms with van der Waals surface area (Å²) < 4.78 is 22.9. The van der Waals surface area contributed by atoms with Crippen molar-refractivity contribution in [1.82, 2.24) is 4.90 Å². The third-order valence-electron chi connectivity index (χ3n) is 3.81. The Balaban J connectivity index is 2.18. The van der Waals surface area contributed by atoms with Gasteiger partial charge in [0.25, 0.3) is 0 Å². The molecule has 1 aromatic carbocycles. The van der Waals surface area contributed by atoms with Crippen LogP contribution in [0.3, 0.4) is 0 Å². The van der Waals surface area contributed by atoms with E-state index in [1.54, 1.807) is 6.92 Å². The first kappa shape index (κ1) is 15.9. The van der Waals surface area contributed by atoms with E-state index < -0.39 is 10.0 Å². The molecule has 0 radical (unpaired) electrons. The molecule has 0 aliphatic carbocycles. The molecule has 1 amide bonds. The molecule has 116 valence electrons. The molecule has 0 bridgehead atoms. The van der Waals surface area contributed by atoms with E-state index in [1.807, 2.05) is 6.92 Å². The number of aryl methyl sites for hydroxylation is 1. The highest BCUT2D eigenvalue weighted by molar-refractivity contribution is 7.89. The molecule has 1 saturated heterocycles. The largest absolute Gasteiger partial charge is 0.325 e. The van der Waals surface area contributed by atoms with Crippen LogP contribution in [0.5, 0.6) is 0 Å². The lowest BCUT2D eigenvalue weighted by atomic mass is 10.1. The van der Waals surface area contributed by atoms with Crippen LogP contribution >= 0.6 is 0 Å². The Morgan fingerprint density at radius 3 is 2.48 bits per heavy atom. The number of nitrogens with zero attached hydrogens (tertiary/aromatic N) is 1. The Hall–Kier alpha value is -1.44. The van der Waals surface area contributed by atoms with Gasteiger partial charge in [0.15, 0.2) is 0 Å². The number of hydrogen-bond donors (Lipinski definition) is 2. The highest BCUT2D eigenvalue weighted by Gasteiger charge is 2.17. The molecule has 1 aliphatic rings. The van der Waals surface area contributed by atoms with E-state index in [0.29, 0.717) is 12.2 Å². The number of anilines is 1. The van der Waals surface area contributed by atoms with Crippen LogP contribution in [-0.4, -0.2) is 38.9 Å². The van der Waals surface area contributed by atoms with Gasteiger partial charge in [-0.1, -0.05) is 0 Å². The first-order chi connectivity index (χ1) is 9.77. The molecular weight excluding hydrogens is 290 g/mol. The van der Waals surface area contributed by atoms with Gasteiger partial charge in [-0.25, -0.2) is 13.6 Å². The summed E-state index contributed by atoms with van der Waals surface area (Å²) >= 11 is 0. The molecule has 0 aromatic heterocycles. The maximum atomic E-state index is 12.1. The van der Waals surface area contributed by atoms with Gasteiger partial charge in [-0.15, -0.1) is 0 Å². The van der Waals surface area contributed by atoms with Crippen molar-refractivity contribution in [2.45, 2.75) is 31.6 Å². The fraction of sp³-hybridized carbons (Fsp3) is 0.500. The van der Waals surface area contributed by atoms with Crippen LogP contribution in [0.15, 0.2) is 17.0 Å². The lowest BCUT2D eigenvalue weighted by molar-refractivity contribution is -0.117. The highest BCUT2D eigenvalue weighted by atomic mass is 32.2. The van der Waals surface area contributed by atoms with Gasteiger partial charge in [-0.05, 0) is 63.0 Å². The van der Waals surface area contributed by atoms with Gasteiger partial charge in [0, 0.05) is 5.69 Å². The molecule has 1 aromatic rings. The summed E-state index contributed by atoms with van der Waals surface area (Å²) in [5, 5.41) is 7.95. The zero-order valence-corrected chi connectivity index (χ0v) is 13.2. The molecule has 1 heterocycles. The third-order valence-corrected chi connectivity index (χ3v) is 4.70. The molecule has 1 fully saturated rings. The number of carbonyl (C=O) groups excluding carboxylic acids is 1. The van der Waals surface area contributed by atoms with Crippen LogP contribution in [-0.2, 0) is 14.8 Å². The SMILES string of the molecule is Cc1cc(S(N)(=O)=O)cc(NC(=O)CN2CCCC2)c1C. The monoisotopic (exact) mass is 311 g/mol. The van der Waals surface area contributed by atoms with E-state index in [1.165, 1.54) is 12.1 Å². The van der Waals surface area contributed by atoms with Gasteiger partial charge in [0.2, 0.25) is 15.9 Å². The molecule has 0 spiro atoms. The molecule has 0 unspecified atom stereocenters. The van der Waals surface area contributed by atoms with Crippen molar-refractivity contribution in [3.8, 4) is 0 Å². The Morgan fingerprint density at radius 2 is 1.90 bits per heavy atom. The van der Waals surface area contributed by atoms with E-state index >= 15 is 0 Å². The second kappa shape index (κ2) is 6.13. The van der Waals surface area contributed by atoms with Crippen LogP contribution in [0.1, 0.15) is 24.0 Å². The molecule has 21 heavy (non-hydrogen) atoms. The van der Waals surface area contributed by atoms with E-state index in [2.05, 4.69) is 10.2 Å². The van der Waals surface area contributed by atoms with Gasteiger partial charge >= 0.3 is 0 Å². The van der Waals surface area contributed by atoms with Crippen LogP contribution in [0.25, 0.3) is 0 Å². The maximum absolute atomic E-state index is 12.1. The minimum Gasteiger partial charge on any atom is -0.325 e. The van der Waals surface area contributed by atoms with E-state index in [9.17, 15) is 13.2 Å². The first-order valence-corrected chi connectivity index (χ1v) is 8.48. The Morgan fingerprint density at radius 1 is 1.29 bits per heavy atom. The van der Waals surface area contributed by atoms with E-state index in [-0.39, 0.29) is 10.8 Å². The van der Waals surface area contributed by atoms with Crippen molar-refractivity contribution >= 4 is 21.6 Å². The van der Waals surface area contributed by atoms with Crippen molar-refractivity contribution in [2.75, 3.05) is 25.0 Å². The Bertz CT molecular complexity index is 650. The molecule has 7 heteroatoms. The number of rotatable bonds is 4. The summed E-state index contributed by atoms with van der Waals surface area (Å²) in [5.74, 6) is -0.133. The number of benzene rings is 1. The minimum atomic E-state index is -3.78. The summed E-state index contributed by atoms with van der Waals surface area (Å²) in [6.07, 6.45) is 2.23. The predicted molar refractivity (Wildman–Crippen MR) is 81.6 cm³/mol. The van der Waals surface area contributed by atoms with E-state index in [4.69, 9.17) is 5.14 Å². The van der Waals surface area contributed by atoms with Crippen LogP contribution in [0.2, 0.25) is 0 Å². The Labute approximate surface area is 125 Å². The van der Waals surface area contributed by atoms with Crippen LogP contribution < -0.4 is 10.5 Å². The number of primary sulfonamides is 1. The van der Waals surface area contributed by atoms with Gasteiger partial charge in [-0.2, -0.15) is 0 Å². The predicted octanol–water partition coefficient (Wildman–Crippen LogP) is 0.985. The summed E-state index contributed by atoms with van der Waals surface area (Å²) in [6.45, 7) is 5.83. The van der Waals surface area contributed by atoms with Gasteiger partial charge < -0.3 is 5.32 Å². The van der Waals surface area contributed by atoms with Gasteiger partial charge in [0.1, 0.15) is 0 Å². The summed E-state index contributed by atoms with van der Waals surface area (Å²) in [6, 6.07) is 2.93. The average Bonchev–Trinajstić information content (AvgIpc) is 2.86. The zero-order chi connectivity index (χ0) is 15.6. The third kappa shape index (κ3) is 4.03. The van der Waals surface area contributed by atoms with Crippen molar-refractivity contribution in [1.29, 1.82) is 0 Å². The average molecular weight is 311 g/mol. The van der Waals surface area contributed by atoms with Crippen molar-refractivity contribution in [3.05, 3.63) is 23.3 Å². The number of sulfonamides is 1. The number of amides is 1. The number of carbonyl (C=O) groups is 1. The van der Waals surface area contributed by atoms with Crippen LogP contribution in [0, 0.1) is 13.8 Å². The summed E-state index contributed by atoms with van der Waals surface area (Å²) in [5.41, 5.74) is 2.12. The fourth-order valence-corrected chi connectivity index (χ4v) is 3.08. The van der Waals surface area contributed by atoms with Crippen molar-refractivity contribution in [2.24, 2.45) is 5.14 Å². The molecule has 2 rings (SSSR count). The Kier molecular flexibility index (Phi) is 4.65. The molecule has 6 nitrogen and oxygen atoms in total. The smallest absolute Gasteiger partial charge is 0.238 e. The number of nitrogens with two attached hydrogens (primary N) is 1. The molecular formula is C14H21N3O3S. The van der Waals surface area contributed by atoms with Crippen molar-refractivity contribution in [3.63, 3.8) is 0 Å². The lowest BCUT2D eigenvalue weighted by Crippen LogP contribution is -2.31. The molecule has 0 saturated carbocycles. The lowest BCUT2D eigenvalue weighted by Gasteiger charge is -2.16. The normalized spacial score (nSPS) is 16.1. The fourth-order valence-electron chi connectivity index (χ4n) is 2.45. The maximum Gasteiger partial charge on any atom is 0.238 e. The number of nitrogens with one attached hydrogen (secondary N) is 1. The topological polar surface area (TPSA) is 92.5 Å². The van der Waals surface area contributed by atoms with E-state index in [0.717, 1.165) is 37.1 Å². The van der Waals surface area contributed by atoms with Gasteiger partial charge in [-0.3, -0.25) is 9.69 Å². The number of likely N-dealkylation sites (tertiary alicyclic amines) is 1. The number of hydrogen-bond acceptors (Lipinski definition) is 4. The minimum absolute atomic E-state index is 0.0158. The quantitative estimate of drug-likeness (QED) is 0.867. The molecule has 0 atom stereocenters. The second-order valence-corrected chi connectivity index (χ2v) is 7.05.